The van der Waals surface area contributed by atoms with Crippen molar-refractivity contribution in [1.82, 2.24) is 0 Å². The Morgan fingerprint density at radius 1 is 0.730 bits per heavy atom. The number of hydrogen-bond donors (Lipinski definition) is 0. The van der Waals surface area contributed by atoms with Gasteiger partial charge in [-0.05, 0) is 22.3 Å². The third-order valence-electron chi connectivity index (χ3n) is 5.91. The molecule has 0 unspecified atom stereocenters. The number of fused-ring (bicyclic) bond motifs is 3. The largest absolute Gasteiger partial charge is 0.491 e. The first-order valence-corrected chi connectivity index (χ1v) is 13.4. The molecular formula is C27H33O9P. The van der Waals surface area contributed by atoms with Gasteiger partial charge in [0.15, 0.2) is 11.6 Å². The summed E-state index contributed by atoms with van der Waals surface area (Å²) >= 11 is 0. The molecule has 9 nitrogen and oxygen atoms in total. The summed E-state index contributed by atoms with van der Waals surface area (Å²) in [5.41, 5.74) is 1.05. The highest BCUT2D eigenvalue weighted by atomic mass is 31.2. The SMILES string of the molecule is CC(C)(C)C(=O)COOP(=O)(OOCC(=O)C(C)(C)C)C(=O)OCC1c2ccccc2-c2ccccc21. The monoisotopic (exact) mass is 532 g/mol. The summed E-state index contributed by atoms with van der Waals surface area (Å²) in [4.78, 5) is 46.8. The van der Waals surface area contributed by atoms with Crippen LogP contribution in [0, 0.1) is 10.8 Å². The third-order valence-corrected chi connectivity index (χ3v) is 7.09. The summed E-state index contributed by atoms with van der Waals surface area (Å²) in [6.45, 7) is 8.67. The Morgan fingerprint density at radius 3 is 1.54 bits per heavy atom. The molecule has 0 saturated carbocycles. The molecule has 3 rings (SSSR count). The topological polar surface area (TPSA) is 114 Å². The number of carbonyl (C=O) groups excluding carboxylic acids is 3. The minimum Gasteiger partial charge on any atom is -0.456 e. The molecular weight excluding hydrogens is 499 g/mol. The number of ketones is 2. The van der Waals surface area contributed by atoms with E-state index in [0.717, 1.165) is 22.3 Å². The highest BCUT2D eigenvalue weighted by molar-refractivity contribution is 7.71. The molecule has 0 spiro atoms. The molecule has 0 radical (unpaired) electrons. The van der Waals surface area contributed by atoms with Crippen LogP contribution in [-0.2, 0) is 38.0 Å². The number of Topliss-reactive ketones (excluding diaryl/α,β-unsaturated/α-hetero) is 2. The second-order valence-electron chi connectivity index (χ2n) is 10.8. The molecule has 0 amide bonds. The lowest BCUT2D eigenvalue weighted by atomic mass is 9.91. The Hall–Kier alpha value is -2.68. The first kappa shape index (κ1) is 28.9. The lowest BCUT2D eigenvalue weighted by Crippen LogP contribution is -2.26. The Bertz CT molecular complexity index is 1130. The first-order valence-electron chi connectivity index (χ1n) is 11.9. The van der Waals surface area contributed by atoms with Crippen molar-refractivity contribution >= 4 is 24.9 Å². The van der Waals surface area contributed by atoms with Gasteiger partial charge in [-0.15, -0.1) is 9.35 Å². The molecule has 1 aliphatic rings. The number of benzene rings is 2. The van der Waals surface area contributed by atoms with E-state index < -0.39 is 37.3 Å². The Labute approximate surface area is 216 Å². The standard InChI is InChI=1S/C27H33O9P/c1-26(2,3)23(28)16-33-35-37(31,36-34-17-24(29)27(4,5)6)25(30)32-15-22-20-13-9-7-11-18(20)19-12-8-10-14-21(19)22/h7-14,22H,15-17H2,1-6H3. The van der Waals surface area contributed by atoms with Crippen molar-refractivity contribution in [1.29, 1.82) is 0 Å². The molecule has 0 heterocycles. The van der Waals surface area contributed by atoms with Gasteiger partial charge in [0.25, 0.3) is 0 Å². The molecule has 2 aromatic carbocycles. The molecule has 2 aromatic rings. The maximum atomic E-state index is 13.3. The molecule has 0 saturated heterocycles. The van der Waals surface area contributed by atoms with E-state index in [2.05, 4.69) is 0 Å². The van der Waals surface area contributed by atoms with Gasteiger partial charge in [-0.2, -0.15) is 0 Å². The number of hydrogen-bond acceptors (Lipinski definition) is 9. The van der Waals surface area contributed by atoms with Crippen LogP contribution >= 0.6 is 7.60 Å². The van der Waals surface area contributed by atoms with Crippen molar-refractivity contribution in [3.05, 3.63) is 59.7 Å². The van der Waals surface area contributed by atoms with E-state index in [4.69, 9.17) is 23.9 Å². The normalized spacial score (nSPS) is 13.7. The van der Waals surface area contributed by atoms with E-state index in [9.17, 15) is 18.9 Å². The summed E-state index contributed by atoms with van der Waals surface area (Å²) in [5.74, 6) is -1.04. The summed E-state index contributed by atoms with van der Waals surface area (Å²) in [5, 5.41) is 0. The molecule has 1 aliphatic carbocycles. The number of rotatable bonds is 11. The van der Waals surface area contributed by atoms with Gasteiger partial charge in [0.05, 0.1) is 0 Å². The van der Waals surface area contributed by atoms with Gasteiger partial charge >= 0.3 is 13.3 Å². The van der Waals surface area contributed by atoms with E-state index in [1.54, 1.807) is 41.5 Å². The van der Waals surface area contributed by atoms with Crippen LogP contribution in [0.5, 0.6) is 0 Å². The lowest BCUT2D eigenvalue weighted by Gasteiger charge is -2.20. The fraction of sp³-hybridized carbons (Fsp3) is 0.444. The van der Waals surface area contributed by atoms with Crippen molar-refractivity contribution in [3.63, 3.8) is 0 Å². The smallest absolute Gasteiger partial charge is 0.456 e. The van der Waals surface area contributed by atoms with Crippen LogP contribution in [0.1, 0.15) is 58.6 Å². The minimum absolute atomic E-state index is 0.161. The van der Waals surface area contributed by atoms with Gasteiger partial charge in [-0.3, -0.25) is 9.59 Å². The fourth-order valence-electron chi connectivity index (χ4n) is 3.48. The molecule has 0 aliphatic heterocycles. The van der Waals surface area contributed by atoms with Gasteiger partial charge in [0.1, 0.15) is 19.8 Å². The van der Waals surface area contributed by atoms with Crippen LogP contribution < -0.4 is 0 Å². The molecule has 200 valence electrons. The summed E-state index contributed by atoms with van der Waals surface area (Å²) in [6.07, 6.45) is 0. The van der Waals surface area contributed by atoms with Crippen LogP contribution in [0.3, 0.4) is 0 Å². The van der Waals surface area contributed by atoms with E-state index >= 15 is 0 Å². The van der Waals surface area contributed by atoms with Gasteiger partial charge in [0, 0.05) is 16.7 Å². The maximum absolute atomic E-state index is 13.3. The third kappa shape index (κ3) is 7.00. The Kier molecular flexibility index (Phi) is 8.88. The zero-order chi connectivity index (χ0) is 27.4. The average Bonchev–Trinajstić information content (AvgIpc) is 3.15. The zero-order valence-electron chi connectivity index (χ0n) is 21.9. The van der Waals surface area contributed by atoms with Crippen molar-refractivity contribution in [3.8, 4) is 11.1 Å². The predicted molar refractivity (Wildman–Crippen MR) is 136 cm³/mol. The molecule has 0 bridgehead atoms. The Morgan fingerprint density at radius 2 is 1.14 bits per heavy atom. The van der Waals surface area contributed by atoms with E-state index in [1.165, 1.54) is 0 Å². The van der Waals surface area contributed by atoms with Crippen LogP contribution in [0.4, 0.5) is 4.79 Å². The highest BCUT2D eigenvalue weighted by Gasteiger charge is 2.43. The molecule has 0 N–H and O–H groups in total. The lowest BCUT2D eigenvalue weighted by molar-refractivity contribution is -0.261. The van der Waals surface area contributed by atoms with Gasteiger partial charge < -0.3 is 4.74 Å². The van der Waals surface area contributed by atoms with Crippen LogP contribution in [0.25, 0.3) is 11.1 Å². The second-order valence-corrected chi connectivity index (χ2v) is 12.5. The van der Waals surface area contributed by atoms with Gasteiger partial charge in [-0.25, -0.2) is 19.1 Å². The van der Waals surface area contributed by atoms with Crippen molar-refractivity contribution in [2.45, 2.75) is 47.5 Å². The molecule has 0 atom stereocenters. The fourth-order valence-corrected chi connectivity index (χ4v) is 4.24. The molecule has 0 fully saturated rings. The van der Waals surface area contributed by atoms with Crippen molar-refractivity contribution in [2.75, 3.05) is 19.8 Å². The molecule has 0 aromatic heterocycles. The first-order chi connectivity index (χ1) is 17.2. The predicted octanol–water partition coefficient (Wildman–Crippen LogP) is 6.26. The van der Waals surface area contributed by atoms with Gasteiger partial charge in [-0.1, -0.05) is 90.1 Å². The summed E-state index contributed by atoms with van der Waals surface area (Å²) in [6, 6.07) is 15.4. The number of carbonyl (C=O) groups is 3. The molecule has 10 heteroatoms. The molecule has 37 heavy (non-hydrogen) atoms. The number of ether oxygens (including phenoxy) is 1. The van der Waals surface area contributed by atoms with Crippen LogP contribution in [0.15, 0.2) is 48.5 Å². The highest BCUT2D eigenvalue weighted by Crippen LogP contribution is 2.52. The second kappa shape index (κ2) is 11.4. The van der Waals surface area contributed by atoms with E-state index in [1.807, 2.05) is 48.5 Å². The average molecular weight is 533 g/mol. The van der Waals surface area contributed by atoms with E-state index in [-0.39, 0.29) is 24.1 Å². The minimum atomic E-state index is -4.86. The summed E-state index contributed by atoms with van der Waals surface area (Å²) < 4.78 is 28.2. The Balaban J connectivity index is 1.72. The maximum Gasteiger partial charge on any atom is 0.491 e. The van der Waals surface area contributed by atoms with E-state index in [0.29, 0.717) is 0 Å². The zero-order valence-corrected chi connectivity index (χ0v) is 22.8. The summed E-state index contributed by atoms with van der Waals surface area (Å²) in [7, 11) is -4.86. The van der Waals surface area contributed by atoms with Crippen LogP contribution in [-0.4, -0.2) is 37.1 Å². The van der Waals surface area contributed by atoms with Gasteiger partial charge in [0.2, 0.25) is 0 Å². The quantitative estimate of drug-likeness (QED) is 0.188. The van der Waals surface area contributed by atoms with Crippen molar-refractivity contribution in [2.24, 2.45) is 10.8 Å². The van der Waals surface area contributed by atoms with Crippen molar-refractivity contribution < 1.29 is 42.8 Å². The van der Waals surface area contributed by atoms with Crippen LogP contribution in [0.2, 0.25) is 0 Å².